The van der Waals surface area contributed by atoms with Crippen molar-refractivity contribution < 1.29 is 8.83 Å². The van der Waals surface area contributed by atoms with Crippen molar-refractivity contribution in [2.24, 2.45) is 7.05 Å². The molecule has 6 heteroatoms. The SMILES string of the molecule is Cn1c(-c2cccc3oc(N(c4ccccc4)c4ccc5occ(-c6ccc7ccccc7c6)c5n4)nc23)cc2ccccc21. The number of benzene rings is 5. The van der Waals surface area contributed by atoms with Crippen molar-refractivity contribution in [3.8, 4) is 22.4 Å². The van der Waals surface area contributed by atoms with E-state index in [0.717, 1.165) is 39.1 Å². The number of hydrogen-bond donors (Lipinski definition) is 0. The minimum Gasteiger partial charge on any atom is -0.462 e. The average Bonchev–Trinajstić information content (AvgIpc) is 3.80. The topological polar surface area (TPSA) is 60.2 Å². The molecule has 9 aromatic rings. The minimum absolute atomic E-state index is 0.435. The van der Waals surface area contributed by atoms with Crippen LogP contribution in [0.5, 0.6) is 0 Å². The van der Waals surface area contributed by atoms with Crippen LogP contribution in [0.1, 0.15) is 0 Å². The highest BCUT2D eigenvalue weighted by molar-refractivity contribution is 5.98. The van der Waals surface area contributed by atoms with Gasteiger partial charge in [-0.15, -0.1) is 0 Å². The molecule has 0 amide bonds. The number of fused-ring (bicyclic) bond motifs is 4. The van der Waals surface area contributed by atoms with E-state index in [9.17, 15) is 0 Å². The van der Waals surface area contributed by atoms with Gasteiger partial charge in [0, 0.05) is 29.1 Å². The van der Waals surface area contributed by atoms with Crippen LogP contribution < -0.4 is 4.90 Å². The number of hydrogen-bond acceptors (Lipinski definition) is 5. The summed E-state index contributed by atoms with van der Waals surface area (Å²) in [5.41, 5.74) is 9.09. The molecule has 0 aliphatic heterocycles. The van der Waals surface area contributed by atoms with Crippen molar-refractivity contribution in [2.75, 3.05) is 4.90 Å². The number of para-hydroxylation sites is 3. The molecule has 9 rings (SSSR count). The Kier molecular flexibility index (Phi) is 5.62. The second-order valence-electron chi connectivity index (χ2n) is 11.2. The van der Waals surface area contributed by atoms with Crippen molar-refractivity contribution in [3.63, 3.8) is 0 Å². The molecule has 0 unspecified atom stereocenters. The molecule has 0 bridgehead atoms. The van der Waals surface area contributed by atoms with Crippen molar-refractivity contribution in [1.82, 2.24) is 14.5 Å². The number of rotatable bonds is 5. The zero-order valence-corrected chi connectivity index (χ0v) is 24.4. The number of nitrogens with zero attached hydrogens (tertiary/aromatic N) is 4. The molecule has 0 saturated carbocycles. The molecule has 0 saturated heterocycles. The highest BCUT2D eigenvalue weighted by Gasteiger charge is 2.23. The molecule has 5 aromatic carbocycles. The van der Waals surface area contributed by atoms with Gasteiger partial charge in [0.25, 0.3) is 0 Å². The van der Waals surface area contributed by atoms with E-state index < -0.39 is 0 Å². The Morgan fingerprint density at radius 2 is 1.38 bits per heavy atom. The van der Waals surface area contributed by atoms with Gasteiger partial charge in [0.05, 0.1) is 11.4 Å². The molecule has 45 heavy (non-hydrogen) atoms. The Balaban J connectivity index is 1.21. The molecule has 4 heterocycles. The van der Waals surface area contributed by atoms with Crippen LogP contribution >= 0.6 is 0 Å². The zero-order chi connectivity index (χ0) is 29.9. The Hall–Kier alpha value is -6.14. The minimum atomic E-state index is 0.435. The molecule has 4 aromatic heterocycles. The molecule has 0 N–H and O–H groups in total. The summed E-state index contributed by atoms with van der Waals surface area (Å²) in [4.78, 5) is 12.2. The molecule has 214 valence electrons. The summed E-state index contributed by atoms with van der Waals surface area (Å²) in [6.45, 7) is 0. The van der Waals surface area contributed by atoms with E-state index in [1.807, 2.05) is 59.5 Å². The normalized spacial score (nSPS) is 11.7. The maximum atomic E-state index is 6.51. The van der Waals surface area contributed by atoms with Gasteiger partial charge in [-0.3, -0.25) is 0 Å². The Labute approximate surface area is 258 Å². The number of furan rings is 1. The van der Waals surface area contributed by atoms with E-state index in [1.54, 1.807) is 6.26 Å². The average molecular weight is 583 g/mol. The lowest BCUT2D eigenvalue weighted by molar-refractivity contribution is 0.606. The van der Waals surface area contributed by atoms with Crippen LogP contribution in [-0.4, -0.2) is 14.5 Å². The van der Waals surface area contributed by atoms with E-state index >= 15 is 0 Å². The van der Waals surface area contributed by atoms with Gasteiger partial charge in [0.1, 0.15) is 23.1 Å². The summed E-state index contributed by atoms with van der Waals surface area (Å²) >= 11 is 0. The third-order valence-corrected chi connectivity index (χ3v) is 8.53. The van der Waals surface area contributed by atoms with E-state index in [-0.39, 0.29) is 0 Å². The lowest BCUT2D eigenvalue weighted by Crippen LogP contribution is -2.11. The number of anilines is 3. The van der Waals surface area contributed by atoms with E-state index in [0.29, 0.717) is 23.0 Å². The third-order valence-electron chi connectivity index (χ3n) is 8.53. The fraction of sp³-hybridized carbons (Fsp3) is 0.0256. The summed E-state index contributed by atoms with van der Waals surface area (Å²) in [5, 5.41) is 3.54. The van der Waals surface area contributed by atoms with Crippen LogP contribution in [0.3, 0.4) is 0 Å². The van der Waals surface area contributed by atoms with E-state index in [2.05, 4.69) is 90.5 Å². The van der Waals surface area contributed by atoms with Crippen LogP contribution in [0.15, 0.2) is 149 Å². The van der Waals surface area contributed by atoms with Gasteiger partial charge < -0.3 is 13.4 Å². The highest BCUT2D eigenvalue weighted by Crippen LogP contribution is 2.40. The third kappa shape index (κ3) is 4.11. The van der Waals surface area contributed by atoms with E-state index in [4.69, 9.17) is 18.8 Å². The Morgan fingerprint density at radius 1 is 0.600 bits per heavy atom. The maximum absolute atomic E-state index is 6.51. The van der Waals surface area contributed by atoms with Gasteiger partial charge in [-0.05, 0) is 64.9 Å². The fourth-order valence-electron chi connectivity index (χ4n) is 6.29. The van der Waals surface area contributed by atoms with Crippen molar-refractivity contribution in [3.05, 3.63) is 140 Å². The molecule has 0 atom stereocenters. The van der Waals surface area contributed by atoms with Gasteiger partial charge in [0.15, 0.2) is 11.2 Å². The van der Waals surface area contributed by atoms with Crippen LogP contribution in [-0.2, 0) is 7.05 Å². The van der Waals surface area contributed by atoms with Crippen molar-refractivity contribution in [1.29, 1.82) is 0 Å². The summed E-state index contributed by atoms with van der Waals surface area (Å²) in [7, 11) is 2.09. The number of pyridine rings is 1. The fourth-order valence-corrected chi connectivity index (χ4v) is 6.29. The number of oxazole rings is 1. The summed E-state index contributed by atoms with van der Waals surface area (Å²) < 4.78 is 14.7. The van der Waals surface area contributed by atoms with Gasteiger partial charge in [-0.1, -0.05) is 84.9 Å². The maximum Gasteiger partial charge on any atom is 0.309 e. The Bertz CT molecular complexity index is 2520. The molecular weight excluding hydrogens is 556 g/mol. The highest BCUT2D eigenvalue weighted by atomic mass is 16.4. The molecule has 6 nitrogen and oxygen atoms in total. The van der Waals surface area contributed by atoms with Crippen LogP contribution in [0.2, 0.25) is 0 Å². The number of aromatic nitrogens is 3. The second kappa shape index (κ2) is 9.96. The molecule has 0 aliphatic rings. The molecule has 0 spiro atoms. The first-order valence-corrected chi connectivity index (χ1v) is 14.9. The summed E-state index contributed by atoms with van der Waals surface area (Å²) in [6.07, 6.45) is 1.79. The van der Waals surface area contributed by atoms with Gasteiger partial charge in [0.2, 0.25) is 0 Å². The lowest BCUT2D eigenvalue weighted by atomic mass is 10.0. The van der Waals surface area contributed by atoms with Gasteiger partial charge >= 0.3 is 6.01 Å². The van der Waals surface area contributed by atoms with Gasteiger partial charge in [-0.2, -0.15) is 4.98 Å². The standard InChI is InChI=1S/C39H26N4O2/c1-42-32-16-8-7-12-28(32)23-33(42)30-15-9-17-35-37(30)41-39(45-35)43(29-13-3-2-4-14-29)36-21-20-34-38(40-36)31(24-44-34)27-19-18-25-10-5-6-11-26(25)22-27/h2-24H,1H3. The quantitative estimate of drug-likeness (QED) is 0.202. The summed E-state index contributed by atoms with van der Waals surface area (Å²) in [6, 6.07) is 45.9. The second-order valence-corrected chi connectivity index (χ2v) is 11.2. The first-order chi connectivity index (χ1) is 22.2. The predicted octanol–water partition coefficient (Wildman–Crippen LogP) is 10.4. The van der Waals surface area contributed by atoms with Gasteiger partial charge in [-0.25, -0.2) is 9.88 Å². The largest absolute Gasteiger partial charge is 0.462 e. The van der Waals surface area contributed by atoms with E-state index in [1.165, 1.54) is 21.7 Å². The van der Waals surface area contributed by atoms with Crippen LogP contribution in [0.4, 0.5) is 17.5 Å². The first kappa shape index (κ1) is 25.4. The smallest absolute Gasteiger partial charge is 0.309 e. The molecular formula is C39H26N4O2. The first-order valence-electron chi connectivity index (χ1n) is 14.9. The van der Waals surface area contributed by atoms with Crippen LogP contribution in [0, 0.1) is 0 Å². The predicted molar refractivity (Wildman–Crippen MR) is 181 cm³/mol. The molecule has 0 aliphatic carbocycles. The monoisotopic (exact) mass is 582 g/mol. The number of aryl methyl sites for hydroxylation is 1. The van der Waals surface area contributed by atoms with Crippen molar-refractivity contribution >= 4 is 61.4 Å². The molecule has 0 radical (unpaired) electrons. The zero-order valence-electron chi connectivity index (χ0n) is 24.4. The lowest BCUT2D eigenvalue weighted by Gasteiger charge is -2.19. The Morgan fingerprint density at radius 3 is 2.24 bits per heavy atom. The van der Waals surface area contributed by atoms with Crippen LogP contribution in [0.25, 0.3) is 66.3 Å². The van der Waals surface area contributed by atoms with Crippen molar-refractivity contribution in [2.45, 2.75) is 0 Å². The molecule has 0 fully saturated rings. The summed E-state index contributed by atoms with van der Waals surface area (Å²) in [5.74, 6) is 0.676.